The minimum absolute atomic E-state index is 0.00702. The van der Waals surface area contributed by atoms with Gasteiger partial charge >= 0.3 is 11.9 Å². The first-order valence-corrected chi connectivity index (χ1v) is 7.88. The van der Waals surface area contributed by atoms with Crippen molar-refractivity contribution in [2.24, 2.45) is 0 Å². The highest BCUT2D eigenvalue weighted by Gasteiger charge is 2.21. The van der Waals surface area contributed by atoms with Gasteiger partial charge in [-0.05, 0) is 36.1 Å². The topological polar surface area (TPSA) is 74.6 Å². The van der Waals surface area contributed by atoms with Crippen molar-refractivity contribution < 1.29 is 19.8 Å². The van der Waals surface area contributed by atoms with E-state index in [0.29, 0.717) is 10.6 Å². The second-order valence-corrected chi connectivity index (χ2v) is 6.50. The zero-order chi connectivity index (χ0) is 16.7. The second kappa shape index (κ2) is 5.68. The van der Waals surface area contributed by atoms with Gasteiger partial charge < -0.3 is 10.2 Å². The van der Waals surface area contributed by atoms with E-state index in [2.05, 4.69) is 0 Å². The van der Waals surface area contributed by atoms with Crippen LogP contribution < -0.4 is 0 Å². The molecule has 1 heterocycles. The summed E-state index contributed by atoms with van der Waals surface area (Å²) in [6.07, 6.45) is 0. The molecule has 4 nitrogen and oxygen atoms in total. The number of aromatic carboxylic acids is 2. The number of hydrogen-bond acceptors (Lipinski definition) is 3. The number of halogens is 1. The zero-order valence-electron chi connectivity index (χ0n) is 12.0. The monoisotopic (exact) mass is 346 g/mol. The van der Waals surface area contributed by atoms with Crippen LogP contribution in [0.15, 0.2) is 36.4 Å². The zero-order valence-corrected chi connectivity index (χ0v) is 13.5. The number of fused-ring (bicyclic) bond motifs is 1. The third-order valence-corrected chi connectivity index (χ3v) is 5.32. The van der Waals surface area contributed by atoms with E-state index in [4.69, 9.17) is 11.6 Å². The van der Waals surface area contributed by atoms with E-state index in [1.165, 1.54) is 24.3 Å². The number of carboxylic acid groups (broad SMARTS) is 2. The van der Waals surface area contributed by atoms with Gasteiger partial charge in [-0.25, -0.2) is 9.59 Å². The van der Waals surface area contributed by atoms with Crippen LogP contribution in [0, 0.1) is 6.92 Å². The first-order valence-electron chi connectivity index (χ1n) is 6.68. The summed E-state index contributed by atoms with van der Waals surface area (Å²) in [4.78, 5) is 23.6. The molecule has 0 saturated carbocycles. The molecule has 0 atom stereocenters. The minimum Gasteiger partial charge on any atom is -0.478 e. The lowest BCUT2D eigenvalue weighted by Gasteiger charge is -2.10. The molecule has 0 aliphatic heterocycles. The van der Waals surface area contributed by atoms with E-state index in [0.717, 1.165) is 15.0 Å². The summed E-state index contributed by atoms with van der Waals surface area (Å²) in [7, 11) is 0. The maximum atomic E-state index is 11.7. The van der Waals surface area contributed by atoms with Gasteiger partial charge in [0.2, 0.25) is 0 Å². The highest BCUT2D eigenvalue weighted by atomic mass is 35.5. The Labute approximate surface area is 140 Å². The number of carbonyl (C=O) groups is 2. The lowest BCUT2D eigenvalue weighted by molar-refractivity contribution is 0.0696. The molecule has 0 saturated heterocycles. The summed E-state index contributed by atoms with van der Waals surface area (Å²) in [5.74, 6) is -2.29. The first kappa shape index (κ1) is 15.5. The Morgan fingerprint density at radius 2 is 1.83 bits per heavy atom. The summed E-state index contributed by atoms with van der Waals surface area (Å²) < 4.78 is 0.875. The lowest BCUT2D eigenvalue weighted by Crippen LogP contribution is -2.08. The number of hydrogen-bond donors (Lipinski definition) is 2. The molecular weight excluding hydrogens is 336 g/mol. The third-order valence-electron chi connectivity index (χ3n) is 3.67. The Morgan fingerprint density at radius 1 is 1.09 bits per heavy atom. The fraction of sp³-hybridized carbons (Fsp3) is 0.0588. The van der Waals surface area contributed by atoms with Crippen molar-refractivity contribution in [3.63, 3.8) is 0 Å². The molecule has 0 fully saturated rings. The largest absolute Gasteiger partial charge is 0.478 e. The van der Waals surface area contributed by atoms with Crippen molar-refractivity contribution in [2.75, 3.05) is 0 Å². The van der Waals surface area contributed by atoms with Crippen molar-refractivity contribution in [2.45, 2.75) is 6.92 Å². The maximum absolute atomic E-state index is 11.7. The van der Waals surface area contributed by atoms with Crippen LogP contribution in [0.1, 0.15) is 26.3 Å². The molecule has 0 unspecified atom stereocenters. The predicted molar refractivity (Wildman–Crippen MR) is 90.9 cm³/mol. The average molecular weight is 347 g/mol. The minimum atomic E-state index is -1.15. The van der Waals surface area contributed by atoms with Crippen LogP contribution in [0.5, 0.6) is 0 Å². The molecule has 3 rings (SSSR count). The maximum Gasteiger partial charge on any atom is 0.336 e. The molecule has 23 heavy (non-hydrogen) atoms. The molecule has 116 valence electrons. The highest BCUT2D eigenvalue weighted by Crippen LogP contribution is 2.39. The molecule has 0 aliphatic rings. The number of carboxylic acids is 2. The summed E-state index contributed by atoms with van der Waals surface area (Å²) in [6.45, 7) is 1.51. The highest BCUT2D eigenvalue weighted by molar-refractivity contribution is 7.22. The van der Waals surface area contributed by atoms with Crippen LogP contribution in [-0.4, -0.2) is 22.2 Å². The summed E-state index contributed by atoms with van der Waals surface area (Å²) >= 11 is 7.56. The summed E-state index contributed by atoms with van der Waals surface area (Å²) in [6, 6.07) is 10.4. The molecule has 0 spiro atoms. The van der Waals surface area contributed by atoms with Crippen molar-refractivity contribution in [1.29, 1.82) is 0 Å². The average Bonchev–Trinajstić information content (AvgIpc) is 2.91. The molecule has 0 bridgehead atoms. The van der Waals surface area contributed by atoms with Crippen LogP contribution >= 0.6 is 22.9 Å². The first-order chi connectivity index (χ1) is 10.9. The molecule has 2 aromatic carbocycles. The van der Waals surface area contributed by atoms with Crippen LogP contribution in [0.2, 0.25) is 5.02 Å². The fourth-order valence-corrected chi connectivity index (χ4v) is 3.98. The Hall–Kier alpha value is -2.37. The van der Waals surface area contributed by atoms with Gasteiger partial charge in [-0.3, -0.25) is 0 Å². The van der Waals surface area contributed by atoms with Crippen molar-refractivity contribution in [3.05, 3.63) is 58.1 Å². The molecule has 0 aliphatic carbocycles. The molecule has 2 N–H and O–H groups in total. The van der Waals surface area contributed by atoms with E-state index in [1.54, 1.807) is 12.1 Å². The van der Waals surface area contributed by atoms with Crippen molar-refractivity contribution in [3.8, 4) is 10.4 Å². The summed E-state index contributed by atoms with van der Waals surface area (Å²) in [5, 5.41) is 20.2. The van der Waals surface area contributed by atoms with Gasteiger partial charge in [0, 0.05) is 10.4 Å². The molecule has 0 amide bonds. The van der Waals surface area contributed by atoms with Crippen LogP contribution in [0.4, 0.5) is 0 Å². The van der Waals surface area contributed by atoms with Gasteiger partial charge in [0.25, 0.3) is 0 Å². The molecule has 0 radical (unpaired) electrons. The van der Waals surface area contributed by atoms with E-state index >= 15 is 0 Å². The Bertz CT molecular complexity index is 959. The van der Waals surface area contributed by atoms with E-state index in [9.17, 15) is 19.8 Å². The van der Waals surface area contributed by atoms with Gasteiger partial charge in [0.15, 0.2) is 0 Å². The molecular formula is C17H11ClO4S. The number of benzene rings is 2. The van der Waals surface area contributed by atoms with Gasteiger partial charge in [-0.1, -0.05) is 29.8 Å². The quantitative estimate of drug-likeness (QED) is 0.705. The standard InChI is InChI=1S/C17H11ClO4S/c1-8-10(16(19)20)5-6-11(14(8)17(21)22)13-7-9-3-2-4-12(18)15(9)23-13/h2-7H,1H3,(H,19,20)(H,21,22). The molecule has 1 aromatic heterocycles. The van der Waals surface area contributed by atoms with E-state index in [-0.39, 0.29) is 16.7 Å². The van der Waals surface area contributed by atoms with Crippen LogP contribution in [0.25, 0.3) is 20.5 Å². The lowest BCUT2D eigenvalue weighted by atomic mass is 9.96. The third kappa shape index (κ3) is 2.58. The van der Waals surface area contributed by atoms with E-state index < -0.39 is 11.9 Å². The smallest absolute Gasteiger partial charge is 0.336 e. The van der Waals surface area contributed by atoms with Crippen molar-refractivity contribution in [1.82, 2.24) is 0 Å². The van der Waals surface area contributed by atoms with Crippen molar-refractivity contribution >= 4 is 45.0 Å². The molecule has 3 aromatic rings. The number of rotatable bonds is 3. The summed E-state index contributed by atoms with van der Waals surface area (Å²) in [5.41, 5.74) is 0.737. The molecule has 6 heteroatoms. The number of thiophene rings is 1. The van der Waals surface area contributed by atoms with Crippen LogP contribution in [-0.2, 0) is 0 Å². The van der Waals surface area contributed by atoms with Gasteiger partial charge in [0.1, 0.15) is 0 Å². The van der Waals surface area contributed by atoms with Crippen LogP contribution in [0.3, 0.4) is 0 Å². The normalized spacial score (nSPS) is 10.9. The Kier molecular flexibility index (Phi) is 3.83. The van der Waals surface area contributed by atoms with Gasteiger partial charge in [0.05, 0.1) is 20.8 Å². The Balaban J connectivity index is 2.30. The van der Waals surface area contributed by atoms with E-state index in [1.807, 2.05) is 18.2 Å². The van der Waals surface area contributed by atoms with Gasteiger partial charge in [-0.2, -0.15) is 0 Å². The Morgan fingerprint density at radius 3 is 2.43 bits per heavy atom. The fourth-order valence-electron chi connectivity index (χ4n) is 2.58. The predicted octanol–water partition coefficient (Wildman–Crippen LogP) is 4.93. The van der Waals surface area contributed by atoms with Gasteiger partial charge in [-0.15, -0.1) is 11.3 Å². The SMILES string of the molecule is Cc1c(C(=O)O)ccc(-c2cc3cccc(Cl)c3s2)c1C(=O)O. The second-order valence-electron chi connectivity index (χ2n) is 5.04.